The molecule has 0 spiro atoms. The quantitative estimate of drug-likeness (QED) is 0.659. The van der Waals surface area contributed by atoms with Crippen LogP contribution in [0, 0.1) is 16.0 Å². The fourth-order valence-electron chi connectivity index (χ4n) is 3.09. The molecule has 0 atom stereocenters. The van der Waals surface area contributed by atoms with E-state index in [2.05, 4.69) is 0 Å². The maximum absolute atomic E-state index is 12.6. The Balaban J connectivity index is 2.12. The van der Waals surface area contributed by atoms with Crippen molar-refractivity contribution >= 4 is 17.6 Å². The highest BCUT2D eigenvalue weighted by atomic mass is 16.6. The van der Waals surface area contributed by atoms with E-state index in [1.54, 1.807) is 17.0 Å². The van der Waals surface area contributed by atoms with Crippen LogP contribution >= 0.6 is 0 Å². The zero-order chi connectivity index (χ0) is 17.9. The predicted octanol–water partition coefficient (Wildman–Crippen LogP) is 3.05. The number of hydrogen-bond acceptors (Lipinski definition) is 4. The Kier molecular flexibility index (Phi) is 5.54. The van der Waals surface area contributed by atoms with Crippen LogP contribution < -0.4 is 0 Å². The molecule has 0 bridgehead atoms. The SMILES string of the molecule is CC(C)c1ccc(C(=O)N2CCC(CC(=O)O)CC2)cc1[N+](=O)[O-]. The van der Waals surface area contributed by atoms with Crippen molar-refractivity contribution in [2.45, 2.75) is 39.0 Å². The molecule has 1 aromatic carbocycles. The van der Waals surface area contributed by atoms with Crippen LogP contribution in [0.5, 0.6) is 0 Å². The number of carboxylic acid groups (broad SMARTS) is 1. The van der Waals surface area contributed by atoms with E-state index in [1.807, 2.05) is 13.8 Å². The van der Waals surface area contributed by atoms with Crippen molar-refractivity contribution < 1.29 is 19.6 Å². The molecule has 1 aliphatic heterocycles. The second kappa shape index (κ2) is 7.42. The Morgan fingerprint density at radius 2 is 1.96 bits per heavy atom. The van der Waals surface area contributed by atoms with Gasteiger partial charge in [0.15, 0.2) is 0 Å². The van der Waals surface area contributed by atoms with Crippen molar-refractivity contribution in [3.63, 3.8) is 0 Å². The number of nitro benzene ring substituents is 1. The molecule has 7 nitrogen and oxygen atoms in total. The first-order chi connectivity index (χ1) is 11.3. The van der Waals surface area contributed by atoms with Gasteiger partial charge >= 0.3 is 5.97 Å². The molecule has 1 amide bonds. The molecule has 0 saturated carbocycles. The van der Waals surface area contributed by atoms with Gasteiger partial charge in [0.2, 0.25) is 0 Å². The minimum absolute atomic E-state index is 0.00122. The summed E-state index contributed by atoms with van der Waals surface area (Å²) < 4.78 is 0. The second-order valence-electron chi connectivity index (χ2n) is 6.52. The average Bonchev–Trinajstić information content (AvgIpc) is 2.53. The molecule has 1 saturated heterocycles. The summed E-state index contributed by atoms with van der Waals surface area (Å²) >= 11 is 0. The summed E-state index contributed by atoms with van der Waals surface area (Å²) in [5.74, 6) is -0.965. The van der Waals surface area contributed by atoms with Gasteiger partial charge in [-0.3, -0.25) is 19.7 Å². The van der Waals surface area contributed by atoms with Crippen LogP contribution in [0.1, 0.15) is 54.9 Å². The maximum Gasteiger partial charge on any atom is 0.303 e. The molecule has 1 heterocycles. The monoisotopic (exact) mass is 334 g/mol. The standard InChI is InChI=1S/C17H22N2O5/c1-11(2)14-4-3-13(10-15(14)19(23)24)17(22)18-7-5-12(6-8-18)9-16(20)21/h3-4,10-12H,5-9H2,1-2H3,(H,20,21). The van der Waals surface area contributed by atoms with Gasteiger partial charge in [-0.25, -0.2) is 0 Å². The summed E-state index contributed by atoms with van der Waals surface area (Å²) in [7, 11) is 0. The molecule has 1 N–H and O–H groups in total. The van der Waals surface area contributed by atoms with E-state index in [-0.39, 0.29) is 29.9 Å². The zero-order valence-electron chi connectivity index (χ0n) is 13.9. The smallest absolute Gasteiger partial charge is 0.303 e. The highest BCUT2D eigenvalue weighted by Gasteiger charge is 2.26. The predicted molar refractivity (Wildman–Crippen MR) is 88.1 cm³/mol. The fourth-order valence-corrected chi connectivity index (χ4v) is 3.09. The number of nitro groups is 1. The topological polar surface area (TPSA) is 101 Å². The molecule has 1 aliphatic rings. The van der Waals surface area contributed by atoms with Crippen LogP contribution in [0.25, 0.3) is 0 Å². The number of rotatable bonds is 5. The Labute approximate surface area is 140 Å². The summed E-state index contributed by atoms with van der Waals surface area (Å²) in [6.45, 7) is 4.71. The van der Waals surface area contributed by atoms with Crippen LogP contribution in [0.15, 0.2) is 18.2 Å². The van der Waals surface area contributed by atoms with Gasteiger partial charge in [-0.2, -0.15) is 0 Å². The third-order valence-electron chi connectivity index (χ3n) is 4.46. The van der Waals surface area contributed by atoms with Crippen molar-refractivity contribution in [2.75, 3.05) is 13.1 Å². The van der Waals surface area contributed by atoms with Gasteiger partial charge in [0, 0.05) is 36.7 Å². The lowest BCUT2D eigenvalue weighted by atomic mass is 9.93. The van der Waals surface area contributed by atoms with Gasteiger partial charge in [0.05, 0.1) is 4.92 Å². The summed E-state index contributed by atoms with van der Waals surface area (Å²) in [6.07, 6.45) is 1.41. The summed E-state index contributed by atoms with van der Waals surface area (Å²) in [4.78, 5) is 35.8. The molecular weight excluding hydrogens is 312 g/mol. The van der Waals surface area contributed by atoms with E-state index in [1.165, 1.54) is 6.07 Å². The molecular formula is C17H22N2O5. The molecule has 0 unspecified atom stereocenters. The number of amides is 1. The summed E-state index contributed by atoms with van der Waals surface area (Å²) in [5.41, 5.74) is 0.885. The lowest BCUT2D eigenvalue weighted by Gasteiger charge is -2.31. The molecule has 0 aromatic heterocycles. The van der Waals surface area contributed by atoms with Gasteiger partial charge in [-0.05, 0) is 30.7 Å². The lowest BCUT2D eigenvalue weighted by Crippen LogP contribution is -2.38. The van der Waals surface area contributed by atoms with Crippen LogP contribution in [0.4, 0.5) is 5.69 Å². The van der Waals surface area contributed by atoms with Gasteiger partial charge in [0.1, 0.15) is 0 Å². The molecule has 130 valence electrons. The number of carbonyl (C=O) groups excluding carboxylic acids is 1. The van der Waals surface area contributed by atoms with Crippen LogP contribution in [0.2, 0.25) is 0 Å². The summed E-state index contributed by atoms with van der Waals surface area (Å²) in [5, 5.41) is 20.1. The Hall–Kier alpha value is -2.44. The van der Waals surface area contributed by atoms with E-state index >= 15 is 0 Å². The van der Waals surface area contributed by atoms with Crippen LogP contribution in [0.3, 0.4) is 0 Å². The van der Waals surface area contributed by atoms with E-state index in [4.69, 9.17) is 5.11 Å². The number of carbonyl (C=O) groups is 2. The number of aliphatic carboxylic acids is 1. The van der Waals surface area contributed by atoms with Gasteiger partial charge in [-0.1, -0.05) is 19.9 Å². The molecule has 24 heavy (non-hydrogen) atoms. The molecule has 1 aromatic rings. The molecule has 0 radical (unpaired) electrons. The number of piperidine rings is 1. The number of hydrogen-bond donors (Lipinski definition) is 1. The minimum atomic E-state index is -0.820. The Morgan fingerprint density at radius 3 is 2.46 bits per heavy atom. The van der Waals surface area contributed by atoms with Gasteiger partial charge < -0.3 is 10.0 Å². The fraction of sp³-hybridized carbons (Fsp3) is 0.529. The van der Waals surface area contributed by atoms with Crippen molar-refractivity contribution in [2.24, 2.45) is 5.92 Å². The van der Waals surface area contributed by atoms with E-state index in [0.717, 1.165) is 0 Å². The molecule has 7 heteroatoms. The number of nitrogens with zero attached hydrogens (tertiary/aromatic N) is 2. The first-order valence-corrected chi connectivity index (χ1v) is 8.09. The second-order valence-corrected chi connectivity index (χ2v) is 6.52. The summed E-state index contributed by atoms with van der Waals surface area (Å²) in [6, 6.07) is 4.63. The number of carboxylic acids is 1. The molecule has 2 rings (SSSR count). The first-order valence-electron chi connectivity index (χ1n) is 8.09. The van der Waals surface area contributed by atoms with Crippen molar-refractivity contribution in [3.05, 3.63) is 39.4 Å². The number of benzene rings is 1. The van der Waals surface area contributed by atoms with E-state index in [0.29, 0.717) is 37.1 Å². The van der Waals surface area contributed by atoms with Gasteiger partial charge in [0.25, 0.3) is 11.6 Å². The van der Waals surface area contributed by atoms with Crippen LogP contribution in [-0.2, 0) is 4.79 Å². The highest BCUT2D eigenvalue weighted by Crippen LogP contribution is 2.28. The van der Waals surface area contributed by atoms with Crippen molar-refractivity contribution in [1.29, 1.82) is 0 Å². The zero-order valence-corrected chi connectivity index (χ0v) is 13.9. The Bertz CT molecular complexity index is 648. The van der Waals surface area contributed by atoms with E-state index < -0.39 is 10.9 Å². The van der Waals surface area contributed by atoms with E-state index in [9.17, 15) is 19.7 Å². The maximum atomic E-state index is 12.6. The Morgan fingerprint density at radius 1 is 1.33 bits per heavy atom. The normalized spacial score (nSPS) is 15.5. The average molecular weight is 334 g/mol. The molecule has 0 aliphatic carbocycles. The third kappa shape index (κ3) is 4.10. The first kappa shape index (κ1) is 17.9. The largest absolute Gasteiger partial charge is 0.481 e. The van der Waals surface area contributed by atoms with Gasteiger partial charge in [-0.15, -0.1) is 0 Å². The third-order valence-corrected chi connectivity index (χ3v) is 4.46. The van der Waals surface area contributed by atoms with Crippen molar-refractivity contribution in [1.82, 2.24) is 4.90 Å². The lowest BCUT2D eigenvalue weighted by molar-refractivity contribution is -0.385. The van der Waals surface area contributed by atoms with Crippen LogP contribution in [-0.4, -0.2) is 39.9 Å². The highest BCUT2D eigenvalue weighted by molar-refractivity contribution is 5.95. The minimum Gasteiger partial charge on any atom is -0.481 e. The molecule has 1 fully saturated rings. The van der Waals surface area contributed by atoms with Crippen molar-refractivity contribution in [3.8, 4) is 0 Å². The number of likely N-dealkylation sites (tertiary alicyclic amines) is 1.